The molecule has 1 atom stereocenters. The molecular formula is C26H57N2+. The third kappa shape index (κ3) is 19.2. The van der Waals surface area contributed by atoms with E-state index in [9.17, 15) is 0 Å². The highest BCUT2D eigenvalue weighted by Gasteiger charge is 2.19. The fourth-order valence-electron chi connectivity index (χ4n) is 4.43. The first kappa shape index (κ1) is 27.9. The zero-order chi connectivity index (χ0) is 20.8. The monoisotopic (exact) mass is 397 g/mol. The molecule has 0 aliphatic heterocycles. The Kier molecular flexibility index (Phi) is 21.6. The third-order valence-electron chi connectivity index (χ3n) is 6.52. The Bertz CT molecular complexity index is 292. The highest BCUT2D eigenvalue weighted by Crippen LogP contribution is 2.15. The number of hydrogen-bond donors (Lipinski definition) is 1. The van der Waals surface area contributed by atoms with Crippen LogP contribution in [0.3, 0.4) is 0 Å². The van der Waals surface area contributed by atoms with Gasteiger partial charge in [-0.25, -0.2) is 0 Å². The van der Waals surface area contributed by atoms with Gasteiger partial charge >= 0.3 is 0 Å². The number of nitrogens with zero attached hydrogens (tertiary/aromatic N) is 1. The van der Waals surface area contributed by atoms with Gasteiger partial charge in [0.25, 0.3) is 0 Å². The molecule has 2 N–H and O–H groups in total. The van der Waals surface area contributed by atoms with Crippen LogP contribution in [0.15, 0.2) is 0 Å². The van der Waals surface area contributed by atoms with Crippen LogP contribution in [0.2, 0.25) is 0 Å². The molecule has 2 nitrogen and oxygen atoms in total. The van der Waals surface area contributed by atoms with Gasteiger partial charge in [0.05, 0.1) is 26.7 Å². The predicted octanol–water partition coefficient (Wildman–Crippen LogP) is 7.84. The van der Waals surface area contributed by atoms with Crippen molar-refractivity contribution in [2.75, 3.05) is 33.2 Å². The summed E-state index contributed by atoms with van der Waals surface area (Å²) in [5.41, 5.74) is 5.86. The number of rotatable bonds is 23. The average molecular weight is 398 g/mol. The summed E-state index contributed by atoms with van der Waals surface area (Å²) in [4.78, 5) is 0. The van der Waals surface area contributed by atoms with Crippen LogP contribution < -0.4 is 5.73 Å². The lowest BCUT2D eigenvalue weighted by atomic mass is 10.0. The van der Waals surface area contributed by atoms with Crippen LogP contribution in [0.4, 0.5) is 0 Å². The van der Waals surface area contributed by atoms with Gasteiger partial charge < -0.3 is 10.2 Å². The van der Waals surface area contributed by atoms with Crippen LogP contribution in [0.25, 0.3) is 0 Å². The number of quaternary nitrogens is 1. The van der Waals surface area contributed by atoms with Crippen LogP contribution >= 0.6 is 0 Å². The van der Waals surface area contributed by atoms with E-state index in [0.717, 1.165) is 13.1 Å². The Balaban J connectivity index is 3.37. The molecule has 0 saturated heterocycles. The maximum atomic E-state index is 5.86. The third-order valence-corrected chi connectivity index (χ3v) is 6.52. The van der Waals surface area contributed by atoms with Crippen LogP contribution in [-0.2, 0) is 0 Å². The lowest BCUT2D eigenvalue weighted by Gasteiger charge is -2.34. The normalized spacial score (nSPS) is 13.7. The summed E-state index contributed by atoms with van der Waals surface area (Å²) in [6.45, 7) is 9.24. The highest BCUT2D eigenvalue weighted by atomic mass is 15.3. The molecule has 28 heavy (non-hydrogen) atoms. The van der Waals surface area contributed by atoms with Crippen molar-refractivity contribution in [3.05, 3.63) is 0 Å². The fourth-order valence-corrected chi connectivity index (χ4v) is 4.43. The average Bonchev–Trinajstić information content (AvgIpc) is 2.68. The molecule has 0 spiro atoms. The SMILES string of the molecule is CCCCCCCCCCCCCCCCCC[N+](C)(CCN)CCCCC. The molecule has 0 bridgehead atoms. The standard InChI is InChI=1S/C26H57N2/c1-4-6-8-9-10-11-12-13-14-15-16-17-18-19-20-22-25-28(3,26-23-27)24-21-7-5-2/h4-27H2,1-3H3/q+1. The van der Waals surface area contributed by atoms with E-state index in [4.69, 9.17) is 5.73 Å². The van der Waals surface area contributed by atoms with Gasteiger partial charge in [-0.2, -0.15) is 0 Å². The number of unbranched alkanes of at least 4 members (excludes halogenated alkanes) is 17. The summed E-state index contributed by atoms with van der Waals surface area (Å²) in [5, 5.41) is 0. The van der Waals surface area contributed by atoms with Crippen molar-refractivity contribution in [2.45, 2.75) is 136 Å². The maximum absolute atomic E-state index is 5.86. The summed E-state index contributed by atoms with van der Waals surface area (Å²) in [6, 6.07) is 0. The minimum atomic E-state index is 0.835. The first-order chi connectivity index (χ1) is 13.7. The highest BCUT2D eigenvalue weighted by molar-refractivity contribution is 4.51. The Hall–Kier alpha value is -0.0800. The van der Waals surface area contributed by atoms with Gasteiger partial charge in [-0.05, 0) is 25.7 Å². The molecule has 0 saturated carbocycles. The molecule has 0 aliphatic rings. The largest absolute Gasteiger partial charge is 0.326 e. The second-order valence-electron chi connectivity index (χ2n) is 9.59. The summed E-state index contributed by atoms with van der Waals surface area (Å²) < 4.78 is 1.20. The van der Waals surface area contributed by atoms with Crippen molar-refractivity contribution in [2.24, 2.45) is 5.73 Å². The molecule has 0 amide bonds. The van der Waals surface area contributed by atoms with Crippen LogP contribution in [-0.4, -0.2) is 37.7 Å². The van der Waals surface area contributed by atoms with Crippen LogP contribution in [0.5, 0.6) is 0 Å². The van der Waals surface area contributed by atoms with E-state index in [1.54, 1.807) is 0 Å². The van der Waals surface area contributed by atoms with Crippen molar-refractivity contribution in [3.8, 4) is 0 Å². The van der Waals surface area contributed by atoms with E-state index in [1.165, 1.54) is 140 Å². The van der Waals surface area contributed by atoms with Gasteiger partial charge in [0.15, 0.2) is 0 Å². The van der Waals surface area contributed by atoms with Crippen molar-refractivity contribution >= 4 is 0 Å². The van der Waals surface area contributed by atoms with Gasteiger partial charge in [0, 0.05) is 6.54 Å². The summed E-state index contributed by atoms with van der Waals surface area (Å²) in [6.07, 6.45) is 27.3. The van der Waals surface area contributed by atoms with Crippen molar-refractivity contribution in [1.29, 1.82) is 0 Å². The van der Waals surface area contributed by atoms with Crippen LogP contribution in [0, 0.1) is 0 Å². The molecule has 0 fully saturated rings. The molecule has 0 aliphatic carbocycles. The van der Waals surface area contributed by atoms with Crippen molar-refractivity contribution in [1.82, 2.24) is 0 Å². The van der Waals surface area contributed by atoms with E-state index in [0.29, 0.717) is 0 Å². The van der Waals surface area contributed by atoms with E-state index in [-0.39, 0.29) is 0 Å². The first-order valence-corrected chi connectivity index (χ1v) is 13.2. The number of likely N-dealkylation sites (N-methyl/N-ethyl adjacent to an activating group) is 1. The topological polar surface area (TPSA) is 26.0 Å². The van der Waals surface area contributed by atoms with Gasteiger partial charge in [-0.15, -0.1) is 0 Å². The smallest absolute Gasteiger partial charge is 0.0909 e. The molecule has 0 aromatic carbocycles. The summed E-state index contributed by atoms with van der Waals surface area (Å²) >= 11 is 0. The van der Waals surface area contributed by atoms with Crippen LogP contribution in [0.1, 0.15) is 136 Å². The number of hydrogen-bond acceptors (Lipinski definition) is 1. The van der Waals surface area contributed by atoms with E-state index < -0.39 is 0 Å². The minimum Gasteiger partial charge on any atom is -0.326 e. The second kappa shape index (κ2) is 21.6. The molecule has 170 valence electrons. The van der Waals surface area contributed by atoms with E-state index in [1.807, 2.05) is 0 Å². The first-order valence-electron chi connectivity index (χ1n) is 13.2. The summed E-state index contributed by atoms with van der Waals surface area (Å²) in [5.74, 6) is 0. The van der Waals surface area contributed by atoms with Gasteiger partial charge in [-0.1, -0.05) is 110 Å². The zero-order valence-corrected chi connectivity index (χ0v) is 20.3. The molecule has 0 radical (unpaired) electrons. The fraction of sp³-hybridized carbons (Fsp3) is 1.00. The van der Waals surface area contributed by atoms with E-state index >= 15 is 0 Å². The summed E-state index contributed by atoms with van der Waals surface area (Å²) in [7, 11) is 2.42. The Morgan fingerprint density at radius 3 is 1.07 bits per heavy atom. The lowest BCUT2D eigenvalue weighted by Crippen LogP contribution is -2.48. The molecule has 1 unspecified atom stereocenters. The molecule has 0 heterocycles. The predicted molar refractivity (Wildman–Crippen MR) is 129 cm³/mol. The van der Waals surface area contributed by atoms with E-state index in [2.05, 4.69) is 20.9 Å². The minimum absolute atomic E-state index is 0.835. The Labute approximate surface area is 179 Å². The maximum Gasteiger partial charge on any atom is 0.0909 e. The van der Waals surface area contributed by atoms with Gasteiger partial charge in [0.1, 0.15) is 0 Å². The molecule has 0 aromatic rings. The lowest BCUT2D eigenvalue weighted by molar-refractivity contribution is -0.908. The molecule has 2 heteroatoms. The second-order valence-corrected chi connectivity index (χ2v) is 9.59. The Morgan fingerprint density at radius 2 is 0.714 bits per heavy atom. The zero-order valence-electron chi connectivity index (χ0n) is 20.3. The molecule has 0 aromatic heterocycles. The van der Waals surface area contributed by atoms with Crippen molar-refractivity contribution < 1.29 is 4.48 Å². The Morgan fingerprint density at radius 1 is 0.429 bits per heavy atom. The molecule has 0 rings (SSSR count). The van der Waals surface area contributed by atoms with Gasteiger partial charge in [-0.3, -0.25) is 0 Å². The molecular weight excluding hydrogens is 340 g/mol. The van der Waals surface area contributed by atoms with Crippen molar-refractivity contribution in [3.63, 3.8) is 0 Å². The van der Waals surface area contributed by atoms with Gasteiger partial charge in [0.2, 0.25) is 0 Å². The number of nitrogens with two attached hydrogens (primary N) is 1. The quantitative estimate of drug-likeness (QED) is 0.138.